The number of aromatic amines is 1. The van der Waals surface area contributed by atoms with Crippen LogP contribution in [0.25, 0.3) is 11.0 Å². The van der Waals surface area contributed by atoms with Gasteiger partial charge in [-0.1, -0.05) is 11.6 Å². The third kappa shape index (κ3) is 3.37. The molecule has 1 saturated heterocycles. The Labute approximate surface area is 201 Å². The van der Waals surface area contributed by atoms with Crippen molar-refractivity contribution in [2.24, 2.45) is 0 Å². The summed E-state index contributed by atoms with van der Waals surface area (Å²) in [6.45, 7) is 7.03. The molecule has 4 aromatic rings. The van der Waals surface area contributed by atoms with Gasteiger partial charge in [-0.3, -0.25) is 9.89 Å². The molecule has 1 atom stereocenters. The lowest BCUT2D eigenvalue weighted by atomic mass is 9.85. The maximum Gasteiger partial charge on any atom is 0.257 e. The number of nitrogens with one attached hydrogen (secondary N) is 1. The molecule has 1 amide bonds. The van der Waals surface area contributed by atoms with E-state index in [0.717, 1.165) is 33.5 Å². The normalized spacial score (nSPS) is 14.9. The fourth-order valence-corrected chi connectivity index (χ4v) is 4.96. The van der Waals surface area contributed by atoms with Gasteiger partial charge in [-0.25, -0.2) is 14.6 Å². The lowest BCUT2D eigenvalue weighted by Crippen LogP contribution is -2.48. The van der Waals surface area contributed by atoms with Gasteiger partial charge in [-0.15, -0.1) is 0 Å². The van der Waals surface area contributed by atoms with Crippen LogP contribution in [0.5, 0.6) is 5.75 Å². The summed E-state index contributed by atoms with van der Waals surface area (Å²) < 4.78 is 7.77. The fraction of sp³-hybridized carbons (Fsp3) is 0.348. The van der Waals surface area contributed by atoms with Crippen LogP contribution in [0.1, 0.15) is 51.6 Å². The Morgan fingerprint density at radius 3 is 2.76 bits per heavy atom. The molecule has 5 rings (SSSR count). The van der Waals surface area contributed by atoms with Crippen molar-refractivity contribution in [3.05, 3.63) is 57.8 Å². The highest BCUT2D eigenvalue weighted by Gasteiger charge is 2.37. The van der Waals surface area contributed by atoms with Gasteiger partial charge in [0, 0.05) is 41.4 Å². The van der Waals surface area contributed by atoms with Crippen molar-refractivity contribution >= 4 is 34.4 Å². The smallest absolute Gasteiger partial charge is 0.257 e. The minimum absolute atomic E-state index is 0.0481. The summed E-state index contributed by atoms with van der Waals surface area (Å²) in [7, 11) is 1.65. The Hall–Kier alpha value is -3.66. The number of carbonyl (C=O) groups excluding carboxylic acids is 1. The van der Waals surface area contributed by atoms with E-state index in [1.165, 1.54) is 12.5 Å². The Balaban J connectivity index is 1.53. The Morgan fingerprint density at radius 2 is 2.09 bits per heavy atom. The summed E-state index contributed by atoms with van der Waals surface area (Å²) in [6, 6.07) is 1.69. The van der Waals surface area contributed by atoms with E-state index in [-0.39, 0.29) is 17.9 Å². The van der Waals surface area contributed by atoms with Crippen LogP contribution >= 0.6 is 11.6 Å². The van der Waals surface area contributed by atoms with Gasteiger partial charge in [0.05, 0.1) is 36.0 Å². The summed E-state index contributed by atoms with van der Waals surface area (Å²) in [5.74, 6) is 1.20. The van der Waals surface area contributed by atoms with Crippen LogP contribution in [0.15, 0.2) is 24.8 Å². The van der Waals surface area contributed by atoms with Crippen LogP contribution in [0, 0.1) is 13.8 Å². The van der Waals surface area contributed by atoms with E-state index in [2.05, 4.69) is 20.2 Å². The number of amides is 1. The van der Waals surface area contributed by atoms with Gasteiger partial charge in [-0.05, 0) is 32.4 Å². The fourth-order valence-electron chi connectivity index (χ4n) is 4.74. The number of hydrogen-bond donors (Lipinski definition) is 2. The van der Waals surface area contributed by atoms with Crippen LogP contribution in [0.2, 0.25) is 5.02 Å². The average molecular weight is 481 g/mol. The van der Waals surface area contributed by atoms with Gasteiger partial charge in [0.1, 0.15) is 17.9 Å². The van der Waals surface area contributed by atoms with Gasteiger partial charge in [0.15, 0.2) is 5.65 Å². The highest BCUT2D eigenvalue weighted by atomic mass is 35.5. The molecule has 0 radical (unpaired) electrons. The first-order valence-electron chi connectivity index (χ1n) is 10.9. The largest absolute Gasteiger partial charge is 0.496 e. The van der Waals surface area contributed by atoms with Crippen molar-refractivity contribution in [2.45, 2.75) is 32.7 Å². The molecule has 3 aromatic heterocycles. The molecule has 11 heteroatoms. The van der Waals surface area contributed by atoms with Crippen LogP contribution in [-0.2, 0) is 0 Å². The predicted molar refractivity (Wildman–Crippen MR) is 128 cm³/mol. The van der Waals surface area contributed by atoms with Gasteiger partial charge >= 0.3 is 0 Å². The zero-order chi connectivity index (χ0) is 24.1. The number of benzene rings is 1. The molecule has 4 heterocycles. The van der Waals surface area contributed by atoms with Crippen molar-refractivity contribution in [1.29, 1.82) is 0 Å². The van der Waals surface area contributed by atoms with E-state index < -0.39 is 0 Å². The number of rotatable bonds is 5. The number of likely N-dealkylation sites (tertiary alicyclic amines) is 1. The Kier molecular flexibility index (Phi) is 5.40. The third-order valence-corrected chi connectivity index (χ3v) is 6.98. The van der Waals surface area contributed by atoms with E-state index >= 15 is 0 Å². The minimum atomic E-state index is -0.235. The molecule has 1 fully saturated rings. The Bertz CT molecular complexity index is 1390. The van der Waals surface area contributed by atoms with E-state index in [4.69, 9.17) is 27.2 Å². The van der Waals surface area contributed by atoms with Gasteiger partial charge in [0.2, 0.25) is 0 Å². The van der Waals surface area contributed by atoms with E-state index in [1.54, 1.807) is 18.2 Å². The molecular formula is C23H25ClN8O2. The standard InChI is InChI=1S/C23H25ClN8O2/c1-11-17(24)5-16(13(3)32-22-19(12(2)30-32)21(25)26-10-27-22)20(34-4)18(11)15-8-31(9-15)23(33)14-6-28-29-7-14/h5-7,10,13,15H,8-9H2,1-4H3,(H,28,29)(H2,25,26,27). The number of aryl methyl sites for hydroxylation is 1. The van der Waals surface area contributed by atoms with Crippen molar-refractivity contribution in [3.63, 3.8) is 0 Å². The van der Waals surface area contributed by atoms with E-state index in [0.29, 0.717) is 35.1 Å². The summed E-state index contributed by atoms with van der Waals surface area (Å²) in [4.78, 5) is 23.0. The number of hydrogen-bond acceptors (Lipinski definition) is 7. The highest BCUT2D eigenvalue weighted by molar-refractivity contribution is 6.31. The first kappa shape index (κ1) is 22.1. The lowest BCUT2D eigenvalue weighted by molar-refractivity contribution is 0.0599. The number of carbonyl (C=O) groups is 1. The number of fused-ring (bicyclic) bond motifs is 1. The number of aromatic nitrogens is 6. The first-order valence-corrected chi connectivity index (χ1v) is 11.3. The lowest BCUT2D eigenvalue weighted by Gasteiger charge is -2.41. The average Bonchev–Trinajstić information content (AvgIpc) is 3.44. The molecular weight excluding hydrogens is 456 g/mol. The highest BCUT2D eigenvalue weighted by Crippen LogP contribution is 2.44. The number of nitrogen functional groups attached to an aromatic ring is 1. The quantitative estimate of drug-likeness (QED) is 0.448. The first-order chi connectivity index (χ1) is 16.3. The van der Waals surface area contributed by atoms with Crippen molar-refractivity contribution in [3.8, 4) is 5.75 Å². The maximum atomic E-state index is 12.7. The second kappa shape index (κ2) is 8.28. The second-order valence-corrected chi connectivity index (χ2v) is 8.98. The van der Waals surface area contributed by atoms with Gasteiger partial charge < -0.3 is 15.4 Å². The molecule has 3 N–H and O–H groups in total. The van der Waals surface area contributed by atoms with Crippen molar-refractivity contribution in [1.82, 2.24) is 34.8 Å². The summed E-state index contributed by atoms with van der Waals surface area (Å²) in [5, 5.41) is 12.6. The SMILES string of the molecule is COc1c(C(C)n2nc(C)c3c(N)ncnc32)cc(Cl)c(C)c1C1CN(C(=O)c2cn[nH]c2)C1. The summed E-state index contributed by atoms with van der Waals surface area (Å²) in [5.41, 5.74) is 10.9. The number of ether oxygens (including phenoxy) is 1. The molecule has 1 aliphatic heterocycles. The number of halogens is 1. The monoisotopic (exact) mass is 480 g/mol. The zero-order valence-electron chi connectivity index (χ0n) is 19.3. The number of H-pyrrole nitrogens is 1. The Morgan fingerprint density at radius 1 is 1.32 bits per heavy atom. The third-order valence-electron chi connectivity index (χ3n) is 6.59. The predicted octanol–water partition coefficient (Wildman–Crippen LogP) is 3.26. The summed E-state index contributed by atoms with van der Waals surface area (Å²) in [6.07, 6.45) is 4.58. The molecule has 1 unspecified atom stereocenters. The van der Waals surface area contributed by atoms with Crippen molar-refractivity contribution < 1.29 is 9.53 Å². The molecule has 176 valence electrons. The van der Waals surface area contributed by atoms with Gasteiger partial charge in [-0.2, -0.15) is 10.2 Å². The number of nitrogens with zero attached hydrogens (tertiary/aromatic N) is 6. The number of anilines is 1. The zero-order valence-corrected chi connectivity index (χ0v) is 20.1. The van der Waals surface area contributed by atoms with E-state index in [1.807, 2.05) is 31.5 Å². The van der Waals surface area contributed by atoms with Crippen LogP contribution in [0.4, 0.5) is 5.82 Å². The molecule has 34 heavy (non-hydrogen) atoms. The molecule has 0 spiro atoms. The second-order valence-electron chi connectivity index (χ2n) is 8.58. The number of nitrogens with two attached hydrogens (primary N) is 1. The van der Waals surface area contributed by atoms with Crippen molar-refractivity contribution in [2.75, 3.05) is 25.9 Å². The van der Waals surface area contributed by atoms with Crippen LogP contribution < -0.4 is 10.5 Å². The summed E-state index contributed by atoms with van der Waals surface area (Å²) >= 11 is 6.71. The molecule has 1 aromatic carbocycles. The topological polar surface area (TPSA) is 128 Å². The minimum Gasteiger partial charge on any atom is -0.496 e. The maximum absolute atomic E-state index is 12.7. The molecule has 0 saturated carbocycles. The van der Waals surface area contributed by atoms with Gasteiger partial charge in [0.25, 0.3) is 5.91 Å². The van der Waals surface area contributed by atoms with Crippen LogP contribution in [0.3, 0.4) is 0 Å². The molecule has 0 bridgehead atoms. The van der Waals surface area contributed by atoms with E-state index in [9.17, 15) is 4.79 Å². The van der Waals surface area contributed by atoms with Crippen LogP contribution in [-0.4, -0.2) is 61.0 Å². The number of methoxy groups -OCH3 is 1. The molecule has 10 nitrogen and oxygen atoms in total. The molecule has 0 aliphatic carbocycles. The molecule has 1 aliphatic rings.